The first-order valence-corrected chi connectivity index (χ1v) is 7.86. The van der Waals surface area contributed by atoms with E-state index in [1.807, 2.05) is 24.3 Å². The standard InChI is InChI=1S/C14H19ClN2OS/c15-11-5-1-2-6-12(11)19-9-7-10-4-3-8-14(10,17)13(16)18/h1-2,5-6,10H,3-4,7-9,17H2,(H2,16,18). The Balaban J connectivity index is 1.89. The minimum Gasteiger partial charge on any atom is -0.368 e. The molecular weight excluding hydrogens is 280 g/mol. The van der Waals surface area contributed by atoms with E-state index < -0.39 is 5.54 Å². The molecule has 0 bridgehead atoms. The Kier molecular flexibility index (Phi) is 4.76. The number of rotatable bonds is 5. The molecule has 3 nitrogen and oxygen atoms in total. The van der Waals surface area contributed by atoms with Gasteiger partial charge in [0.1, 0.15) is 0 Å². The smallest absolute Gasteiger partial charge is 0.237 e. The number of thioether (sulfide) groups is 1. The zero-order chi connectivity index (χ0) is 13.9. The van der Waals surface area contributed by atoms with E-state index in [4.69, 9.17) is 23.1 Å². The van der Waals surface area contributed by atoms with Crippen molar-refractivity contribution >= 4 is 29.3 Å². The summed E-state index contributed by atoms with van der Waals surface area (Å²) in [6.45, 7) is 0. The number of hydrogen-bond donors (Lipinski definition) is 2. The van der Waals surface area contributed by atoms with Crippen molar-refractivity contribution in [3.05, 3.63) is 29.3 Å². The van der Waals surface area contributed by atoms with E-state index in [0.29, 0.717) is 6.42 Å². The van der Waals surface area contributed by atoms with E-state index in [9.17, 15) is 4.79 Å². The Hall–Kier alpha value is -0.710. The van der Waals surface area contributed by atoms with Crippen molar-refractivity contribution in [2.45, 2.75) is 36.1 Å². The lowest BCUT2D eigenvalue weighted by Crippen LogP contribution is -2.54. The maximum absolute atomic E-state index is 11.5. The first-order valence-electron chi connectivity index (χ1n) is 6.50. The molecule has 1 aromatic rings. The van der Waals surface area contributed by atoms with Crippen molar-refractivity contribution in [2.24, 2.45) is 17.4 Å². The van der Waals surface area contributed by atoms with Crippen LogP contribution in [0.4, 0.5) is 0 Å². The van der Waals surface area contributed by atoms with Crippen molar-refractivity contribution in [3.8, 4) is 0 Å². The van der Waals surface area contributed by atoms with Crippen LogP contribution in [0.1, 0.15) is 25.7 Å². The number of amides is 1. The van der Waals surface area contributed by atoms with Crippen molar-refractivity contribution in [3.63, 3.8) is 0 Å². The van der Waals surface area contributed by atoms with E-state index in [1.54, 1.807) is 11.8 Å². The molecule has 4 N–H and O–H groups in total. The molecule has 1 aromatic carbocycles. The summed E-state index contributed by atoms with van der Waals surface area (Å²) in [6.07, 6.45) is 3.59. The number of carbonyl (C=O) groups is 1. The molecule has 0 aromatic heterocycles. The summed E-state index contributed by atoms with van der Waals surface area (Å²) in [5, 5.41) is 0.771. The molecule has 1 aliphatic carbocycles. The highest BCUT2D eigenvalue weighted by atomic mass is 35.5. The molecule has 0 aliphatic heterocycles. The largest absolute Gasteiger partial charge is 0.368 e. The quantitative estimate of drug-likeness (QED) is 0.821. The lowest BCUT2D eigenvalue weighted by atomic mass is 9.85. The summed E-state index contributed by atoms with van der Waals surface area (Å²) < 4.78 is 0. The van der Waals surface area contributed by atoms with Crippen LogP contribution >= 0.6 is 23.4 Å². The molecule has 0 spiro atoms. The molecule has 0 saturated heterocycles. The van der Waals surface area contributed by atoms with Gasteiger partial charge >= 0.3 is 0 Å². The highest BCUT2D eigenvalue weighted by Gasteiger charge is 2.43. The van der Waals surface area contributed by atoms with Gasteiger partial charge in [-0.05, 0) is 43.1 Å². The molecule has 104 valence electrons. The molecular formula is C14H19ClN2OS. The molecule has 0 heterocycles. The number of hydrogen-bond acceptors (Lipinski definition) is 3. The zero-order valence-corrected chi connectivity index (χ0v) is 12.3. The second-order valence-corrected chi connectivity index (χ2v) is 6.61. The van der Waals surface area contributed by atoms with Gasteiger partial charge in [0, 0.05) is 4.90 Å². The van der Waals surface area contributed by atoms with Gasteiger partial charge in [0.05, 0.1) is 10.6 Å². The molecule has 2 unspecified atom stereocenters. The minimum atomic E-state index is -0.805. The fourth-order valence-corrected chi connectivity index (χ4v) is 4.00. The Morgan fingerprint density at radius 1 is 1.47 bits per heavy atom. The maximum Gasteiger partial charge on any atom is 0.237 e. The third-order valence-corrected chi connectivity index (χ3v) is 5.44. The van der Waals surface area contributed by atoms with Crippen molar-refractivity contribution < 1.29 is 4.79 Å². The third kappa shape index (κ3) is 3.25. The van der Waals surface area contributed by atoms with Crippen LogP contribution < -0.4 is 11.5 Å². The average molecular weight is 299 g/mol. The van der Waals surface area contributed by atoms with Gasteiger partial charge in [-0.1, -0.05) is 30.2 Å². The van der Waals surface area contributed by atoms with Crippen LogP contribution in [0, 0.1) is 5.92 Å². The fraction of sp³-hybridized carbons (Fsp3) is 0.500. The number of benzene rings is 1. The van der Waals surface area contributed by atoms with E-state index in [-0.39, 0.29) is 11.8 Å². The number of nitrogens with two attached hydrogens (primary N) is 2. The Morgan fingerprint density at radius 3 is 2.89 bits per heavy atom. The van der Waals surface area contributed by atoms with Gasteiger partial charge in [-0.3, -0.25) is 4.79 Å². The Labute approximate surface area is 123 Å². The molecule has 19 heavy (non-hydrogen) atoms. The molecule has 2 atom stereocenters. The van der Waals surface area contributed by atoms with Crippen LogP contribution in [-0.4, -0.2) is 17.2 Å². The molecule has 1 fully saturated rings. The lowest BCUT2D eigenvalue weighted by Gasteiger charge is -2.27. The van der Waals surface area contributed by atoms with Crippen molar-refractivity contribution in [1.29, 1.82) is 0 Å². The monoisotopic (exact) mass is 298 g/mol. The molecule has 0 radical (unpaired) electrons. The van der Waals surface area contributed by atoms with E-state index in [1.165, 1.54) is 0 Å². The van der Waals surface area contributed by atoms with Crippen LogP contribution in [0.15, 0.2) is 29.2 Å². The van der Waals surface area contributed by atoms with Crippen LogP contribution in [-0.2, 0) is 4.79 Å². The van der Waals surface area contributed by atoms with Gasteiger partial charge in [-0.2, -0.15) is 0 Å². The second-order valence-electron chi connectivity index (χ2n) is 5.06. The first-order chi connectivity index (χ1) is 9.04. The van der Waals surface area contributed by atoms with Crippen molar-refractivity contribution in [1.82, 2.24) is 0 Å². The summed E-state index contributed by atoms with van der Waals surface area (Å²) >= 11 is 7.81. The highest BCUT2D eigenvalue weighted by molar-refractivity contribution is 7.99. The predicted molar refractivity (Wildman–Crippen MR) is 80.2 cm³/mol. The van der Waals surface area contributed by atoms with E-state index >= 15 is 0 Å². The summed E-state index contributed by atoms with van der Waals surface area (Å²) in [7, 11) is 0. The third-order valence-electron chi connectivity index (χ3n) is 3.89. The molecule has 5 heteroatoms. The fourth-order valence-electron chi connectivity index (χ4n) is 2.70. The predicted octanol–water partition coefficient (Wildman–Crippen LogP) is 2.81. The van der Waals surface area contributed by atoms with Gasteiger partial charge in [-0.25, -0.2) is 0 Å². The van der Waals surface area contributed by atoms with Crippen LogP contribution in [0.2, 0.25) is 5.02 Å². The van der Waals surface area contributed by atoms with Gasteiger partial charge in [0.2, 0.25) is 5.91 Å². The maximum atomic E-state index is 11.5. The first kappa shape index (κ1) is 14.7. The topological polar surface area (TPSA) is 69.1 Å². The lowest BCUT2D eigenvalue weighted by molar-refractivity contribution is -0.124. The SMILES string of the molecule is NC(=O)C1(N)CCCC1CCSc1ccccc1Cl. The summed E-state index contributed by atoms with van der Waals surface area (Å²) in [5.41, 5.74) is 10.8. The number of primary amides is 1. The molecule has 1 amide bonds. The molecule has 2 rings (SSSR count). The number of carbonyl (C=O) groups excluding carboxylic acids is 1. The van der Waals surface area contributed by atoms with Gasteiger partial charge in [0.15, 0.2) is 0 Å². The molecule has 1 saturated carbocycles. The Bertz CT molecular complexity index is 469. The van der Waals surface area contributed by atoms with Crippen LogP contribution in [0.25, 0.3) is 0 Å². The van der Waals surface area contributed by atoms with E-state index in [0.717, 1.165) is 34.9 Å². The highest BCUT2D eigenvalue weighted by Crippen LogP contribution is 2.37. The molecule has 1 aliphatic rings. The second kappa shape index (κ2) is 6.16. The zero-order valence-electron chi connectivity index (χ0n) is 10.8. The van der Waals surface area contributed by atoms with Gasteiger partial charge in [0.25, 0.3) is 0 Å². The number of halogens is 1. The minimum absolute atomic E-state index is 0.194. The summed E-state index contributed by atoms with van der Waals surface area (Å²) in [4.78, 5) is 12.6. The van der Waals surface area contributed by atoms with Gasteiger partial charge in [-0.15, -0.1) is 11.8 Å². The Morgan fingerprint density at radius 2 is 2.21 bits per heavy atom. The normalized spacial score (nSPS) is 26.5. The van der Waals surface area contributed by atoms with Crippen LogP contribution in [0.5, 0.6) is 0 Å². The summed E-state index contributed by atoms with van der Waals surface area (Å²) in [6, 6.07) is 7.78. The van der Waals surface area contributed by atoms with Gasteiger partial charge < -0.3 is 11.5 Å². The van der Waals surface area contributed by atoms with Crippen molar-refractivity contribution in [2.75, 3.05) is 5.75 Å². The summed E-state index contributed by atoms with van der Waals surface area (Å²) in [5.74, 6) is 0.735. The van der Waals surface area contributed by atoms with Crippen LogP contribution in [0.3, 0.4) is 0 Å². The average Bonchev–Trinajstić information content (AvgIpc) is 2.75. The van der Waals surface area contributed by atoms with E-state index in [2.05, 4.69) is 0 Å².